The smallest absolute Gasteiger partial charge is 0.255 e. The zero-order chi connectivity index (χ0) is 20.5. The molecule has 0 aliphatic heterocycles. The topological polar surface area (TPSA) is 59.3 Å². The van der Waals surface area contributed by atoms with E-state index >= 15 is 0 Å². The number of fused-ring (bicyclic) bond motifs is 1. The lowest BCUT2D eigenvalue weighted by Gasteiger charge is -2.15. The van der Waals surface area contributed by atoms with E-state index in [1.165, 1.54) is 12.1 Å². The first kappa shape index (κ1) is 18.8. The molecule has 0 saturated heterocycles. The predicted octanol–water partition coefficient (Wildman–Crippen LogP) is 4.64. The van der Waals surface area contributed by atoms with E-state index in [1.807, 2.05) is 51.1 Å². The first-order valence-electron chi connectivity index (χ1n) is 9.42. The molecule has 29 heavy (non-hydrogen) atoms. The summed E-state index contributed by atoms with van der Waals surface area (Å²) >= 11 is 0. The number of benzene rings is 2. The summed E-state index contributed by atoms with van der Waals surface area (Å²) < 4.78 is 15.0. The third kappa shape index (κ3) is 3.49. The van der Waals surface area contributed by atoms with Gasteiger partial charge in [-0.25, -0.2) is 13.9 Å². The van der Waals surface area contributed by atoms with Crippen LogP contribution in [0, 0.1) is 19.7 Å². The Kier molecular flexibility index (Phi) is 4.84. The van der Waals surface area contributed by atoms with Crippen LogP contribution in [0.4, 0.5) is 4.39 Å². The van der Waals surface area contributed by atoms with Gasteiger partial charge in [-0.2, -0.15) is 5.10 Å². The SMILES string of the molecule is Cc1nn2c(C)c(C(=O)NC(C)c3ccccc3)cnc2c1-c1ccc(F)cc1. The van der Waals surface area contributed by atoms with Crippen molar-refractivity contribution in [1.82, 2.24) is 19.9 Å². The van der Waals surface area contributed by atoms with Gasteiger partial charge in [-0.3, -0.25) is 4.79 Å². The molecule has 6 heteroatoms. The summed E-state index contributed by atoms with van der Waals surface area (Å²) in [6.45, 7) is 5.67. The molecule has 0 radical (unpaired) electrons. The summed E-state index contributed by atoms with van der Waals surface area (Å²) in [7, 11) is 0. The second-order valence-corrected chi connectivity index (χ2v) is 7.07. The maximum Gasteiger partial charge on any atom is 0.255 e. The zero-order valence-electron chi connectivity index (χ0n) is 16.5. The van der Waals surface area contributed by atoms with Crippen molar-refractivity contribution in [2.45, 2.75) is 26.8 Å². The standard InChI is InChI=1S/C23H21FN4O/c1-14(17-7-5-4-6-8-17)26-23(29)20-13-25-22-21(15(2)27-28(22)16(20)3)18-9-11-19(24)12-10-18/h4-14H,1-3H3,(H,26,29). The van der Waals surface area contributed by atoms with Gasteiger partial charge in [-0.1, -0.05) is 42.5 Å². The van der Waals surface area contributed by atoms with E-state index in [0.29, 0.717) is 16.9 Å². The van der Waals surface area contributed by atoms with Gasteiger partial charge in [-0.05, 0) is 44.0 Å². The number of hydrogen-bond donors (Lipinski definition) is 1. The number of rotatable bonds is 4. The Bertz CT molecular complexity index is 1180. The van der Waals surface area contributed by atoms with Crippen molar-refractivity contribution in [1.29, 1.82) is 0 Å². The maximum atomic E-state index is 13.3. The molecule has 2 heterocycles. The molecule has 0 aliphatic carbocycles. The lowest BCUT2D eigenvalue weighted by atomic mass is 10.1. The molecule has 0 spiro atoms. The van der Waals surface area contributed by atoms with Crippen LogP contribution >= 0.6 is 0 Å². The van der Waals surface area contributed by atoms with Crippen molar-refractivity contribution in [3.8, 4) is 11.1 Å². The summed E-state index contributed by atoms with van der Waals surface area (Å²) in [5, 5.41) is 7.59. The van der Waals surface area contributed by atoms with Crippen molar-refractivity contribution in [3.05, 3.63) is 89.1 Å². The molecule has 0 saturated carbocycles. The second kappa shape index (κ2) is 7.47. The van der Waals surface area contributed by atoms with Crippen LogP contribution in [0.3, 0.4) is 0 Å². The number of nitrogens with zero attached hydrogens (tertiary/aromatic N) is 3. The average Bonchev–Trinajstić information content (AvgIpc) is 3.06. The Labute approximate surface area is 168 Å². The highest BCUT2D eigenvalue weighted by atomic mass is 19.1. The van der Waals surface area contributed by atoms with Crippen LogP contribution in [0.25, 0.3) is 16.8 Å². The highest BCUT2D eigenvalue weighted by Crippen LogP contribution is 2.28. The quantitative estimate of drug-likeness (QED) is 0.554. The number of aryl methyl sites for hydroxylation is 2. The maximum absolute atomic E-state index is 13.3. The largest absolute Gasteiger partial charge is 0.345 e. The number of carbonyl (C=O) groups excluding carboxylic acids is 1. The Morgan fingerprint density at radius 3 is 2.45 bits per heavy atom. The molecular weight excluding hydrogens is 367 g/mol. The van der Waals surface area contributed by atoms with E-state index in [-0.39, 0.29) is 17.8 Å². The fourth-order valence-corrected chi connectivity index (χ4v) is 3.48. The molecule has 2 aromatic carbocycles. The number of aromatic nitrogens is 3. The Morgan fingerprint density at radius 2 is 1.76 bits per heavy atom. The van der Waals surface area contributed by atoms with Crippen molar-refractivity contribution in [3.63, 3.8) is 0 Å². The van der Waals surface area contributed by atoms with E-state index in [4.69, 9.17) is 0 Å². The summed E-state index contributed by atoms with van der Waals surface area (Å²) in [6.07, 6.45) is 1.58. The number of carbonyl (C=O) groups is 1. The molecule has 1 atom stereocenters. The van der Waals surface area contributed by atoms with Crippen molar-refractivity contribution < 1.29 is 9.18 Å². The van der Waals surface area contributed by atoms with E-state index in [1.54, 1.807) is 22.8 Å². The highest BCUT2D eigenvalue weighted by Gasteiger charge is 2.20. The fraction of sp³-hybridized carbons (Fsp3) is 0.174. The molecule has 146 valence electrons. The van der Waals surface area contributed by atoms with Gasteiger partial charge < -0.3 is 5.32 Å². The first-order chi connectivity index (χ1) is 14.0. The van der Waals surface area contributed by atoms with Crippen molar-refractivity contribution >= 4 is 11.6 Å². The zero-order valence-corrected chi connectivity index (χ0v) is 16.5. The summed E-state index contributed by atoms with van der Waals surface area (Å²) in [5.74, 6) is -0.497. The van der Waals surface area contributed by atoms with Gasteiger partial charge >= 0.3 is 0 Å². The van der Waals surface area contributed by atoms with Crippen molar-refractivity contribution in [2.24, 2.45) is 0 Å². The van der Waals surface area contributed by atoms with Gasteiger partial charge in [0.15, 0.2) is 5.65 Å². The highest BCUT2D eigenvalue weighted by molar-refractivity contribution is 5.95. The van der Waals surface area contributed by atoms with E-state index < -0.39 is 0 Å². The first-order valence-corrected chi connectivity index (χ1v) is 9.42. The number of amides is 1. The fourth-order valence-electron chi connectivity index (χ4n) is 3.48. The molecular formula is C23H21FN4O. The molecule has 4 aromatic rings. The molecule has 1 N–H and O–H groups in total. The van der Waals surface area contributed by atoms with Crippen LogP contribution in [-0.2, 0) is 0 Å². The summed E-state index contributed by atoms with van der Waals surface area (Å²) in [4.78, 5) is 17.4. The van der Waals surface area contributed by atoms with Gasteiger partial charge in [0.05, 0.1) is 23.0 Å². The van der Waals surface area contributed by atoms with Crippen LogP contribution < -0.4 is 5.32 Å². The van der Waals surface area contributed by atoms with Gasteiger partial charge in [0.2, 0.25) is 0 Å². The van der Waals surface area contributed by atoms with Crippen LogP contribution in [0.15, 0.2) is 60.8 Å². The monoisotopic (exact) mass is 388 g/mol. The van der Waals surface area contributed by atoms with Gasteiger partial charge in [0.1, 0.15) is 5.82 Å². The number of hydrogen-bond acceptors (Lipinski definition) is 3. The summed E-state index contributed by atoms with van der Waals surface area (Å²) in [5.41, 5.74) is 5.26. The average molecular weight is 388 g/mol. The van der Waals surface area contributed by atoms with E-state index in [9.17, 15) is 9.18 Å². The normalized spacial score (nSPS) is 12.1. The predicted molar refractivity (Wildman–Crippen MR) is 110 cm³/mol. The van der Waals surface area contributed by atoms with Crippen LogP contribution in [0.2, 0.25) is 0 Å². The third-order valence-electron chi connectivity index (χ3n) is 5.08. The molecule has 0 aliphatic rings. The van der Waals surface area contributed by atoms with E-state index in [2.05, 4.69) is 15.4 Å². The molecule has 0 bridgehead atoms. The van der Waals surface area contributed by atoms with Crippen molar-refractivity contribution in [2.75, 3.05) is 0 Å². The molecule has 5 nitrogen and oxygen atoms in total. The Hall–Kier alpha value is -3.54. The third-order valence-corrected chi connectivity index (χ3v) is 5.08. The minimum Gasteiger partial charge on any atom is -0.345 e. The number of halogens is 1. The molecule has 2 aromatic heterocycles. The lowest BCUT2D eigenvalue weighted by molar-refractivity contribution is 0.0938. The second-order valence-electron chi connectivity index (χ2n) is 7.07. The van der Waals surface area contributed by atoms with Crippen LogP contribution in [0.1, 0.15) is 40.3 Å². The Morgan fingerprint density at radius 1 is 1.07 bits per heavy atom. The molecule has 1 unspecified atom stereocenters. The van der Waals surface area contributed by atoms with Gasteiger partial charge in [0, 0.05) is 11.8 Å². The lowest BCUT2D eigenvalue weighted by Crippen LogP contribution is -2.28. The van der Waals surface area contributed by atoms with E-state index in [0.717, 1.165) is 22.4 Å². The molecule has 0 fully saturated rings. The number of nitrogens with one attached hydrogen (secondary N) is 1. The van der Waals surface area contributed by atoms with Gasteiger partial charge in [0.25, 0.3) is 5.91 Å². The Balaban J connectivity index is 1.70. The minimum atomic E-state index is -0.293. The van der Waals surface area contributed by atoms with Crippen LogP contribution in [-0.4, -0.2) is 20.5 Å². The molecule has 4 rings (SSSR count). The van der Waals surface area contributed by atoms with Crippen LogP contribution in [0.5, 0.6) is 0 Å². The minimum absolute atomic E-state index is 0.132. The van der Waals surface area contributed by atoms with Gasteiger partial charge in [-0.15, -0.1) is 0 Å². The molecule has 1 amide bonds. The summed E-state index contributed by atoms with van der Waals surface area (Å²) in [6, 6.07) is 15.9.